The Kier molecular flexibility index (Phi) is 4.29. The molecule has 0 bridgehead atoms. The zero-order chi connectivity index (χ0) is 15.6. The van der Waals surface area contributed by atoms with E-state index in [-0.39, 0.29) is 5.41 Å². The monoisotopic (exact) mass is 317 g/mol. The molecule has 118 valence electrons. The van der Waals surface area contributed by atoms with Gasteiger partial charge in [-0.2, -0.15) is 4.37 Å². The van der Waals surface area contributed by atoms with Gasteiger partial charge in [-0.25, -0.2) is 9.97 Å². The summed E-state index contributed by atoms with van der Waals surface area (Å²) >= 11 is 1.52. The Bertz CT molecular complexity index is 604. The zero-order valence-electron chi connectivity index (χ0n) is 13.4. The van der Waals surface area contributed by atoms with Crippen molar-refractivity contribution in [2.75, 3.05) is 29.9 Å². The van der Waals surface area contributed by atoms with Crippen molar-refractivity contribution in [2.45, 2.75) is 32.6 Å². The molecule has 0 spiro atoms. The van der Waals surface area contributed by atoms with Gasteiger partial charge in [-0.15, -0.1) is 0 Å². The molecule has 2 aromatic rings. The summed E-state index contributed by atoms with van der Waals surface area (Å²) in [6.07, 6.45) is 3.00. The van der Waals surface area contributed by atoms with Crippen LogP contribution in [0.5, 0.6) is 0 Å². The fourth-order valence-corrected chi connectivity index (χ4v) is 3.43. The molecule has 2 aromatic heterocycles. The lowest BCUT2D eigenvalue weighted by Gasteiger charge is -2.16. The van der Waals surface area contributed by atoms with Crippen molar-refractivity contribution < 1.29 is 0 Å². The number of nitrogens with one attached hydrogen (secondary N) is 1. The van der Waals surface area contributed by atoms with Gasteiger partial charge in [0.2, 0.25) is 5.13 Å². The Labute approximate surface area is 136 Å². The van der Waals surface area contributed by atoms with Crippen molar-refractivity contribution in [2.24, 2.45) is 5.92 Å². The highest BCUT2D eigenvalue weighted by molar-refractivity contribution is 7.09. The number of hydrogen-bond donors (Lipinski definition) is 1. The summed E-state index contributed by atoms with van der Waals surface area (Å²) in [7, 11) is 0. The van der Waals surface area contributed by atoms with Crippen LogP contribution in [0.2, 0.25) is 0 Å². The van der Waals surface area contributed by atoms with Gasteiger partial charge in [0.15, 0.2) is 0 Å². The number of rotatable bonds is 4. The van der Waals surface area contributed by atoms with Crippen LogP contribution in [0.15, 0.2) is 24.4 Å². The Balaban J connectivity index is 1.55. The minimum atomic E-state index is 0.0222. The molecule has 6 heteroatoms. The first kappa shape index (κ1) is 15.2. The molecule has 1 fully saturated rings. The summed E-state index contributed by atoms with van der Waals surface area (Å²) in [6, 6.07) is 5.95. The molecule has 3 heterocycles. The minimum absolute atomic E-state index is 0.0222. The maximum Gasteiger partial charge on any atom is 0.205 e. The maximum absolute atomic E-state index is 4.72. The van der Waals surface area contributed by atoms with Crippen molar-refractivity contribution in [1.29, 1.82) is 0 Å². The van der Waals surface area contributed by atoms with E-state index in [1.165, 1.54) is 18.0 Å². The van der Waals surface area contributed by atoms with Gasteiger partial charge in [0.05, 0.1) is 0 Å². The van der Waals surface area contributed by atoms with Gasteiger partial charge in [-0.1, -0.05) is 26.8 Å². The van der Waals surface area contributed by atoms with Crippen LogP contribution in [-0.2, 0) is 5.41 Å². The van der Waals surface area contributed by atoms with Gasteiger partial charge in [0.25, 0.3) is 0 Å². The average Bonchev–Trinajstić information content (AvgIpc) is 3.14. The lowest BCUT2D eigenvalue weighted by molar-refractivity contribution is 0.554. The van der Waals surface area contributed by atoms with Crippen LogP contribution in [0.3, 0.4) is 0 Å². The fraction of sp³-hybridized carbons (Fsp3) is 0.562. The van der Waals surface area contributed by atoms with Crippen LogP contribution in [0, 0.1) is 5.92 Å². The Hall–Kier alpha value is -1.69. The van der Waals surface area contributed by atoms with E-state index in [0.717, 1.165) is 36.4 Å². The van der Waals surface area contributed by atoms with Gasteiger partial charge in [0.1, 0.15) is 11.6 Å². The smallest absolute Gasteiger partial charge is 0.205 e. The quantitative estimate of drug-likeness (QED) is 0.938. The summed E-state index contributed by atoms with van der Waals surface area (Å²) in [6.45, 7) is 9.53. The lowest BCUT2D eigenvalue weighted by atomic mass is 9.96. The zero-order valence-corrected chi connectivity index (χ0v) is 14.2. The van der Waals surface area contributed by atoms with E-state index < -0.39 is 0 Å². The summed E-state index contributed by atoms with van der Waals surface area (Å²) < 4.78 is 4.51. The van der Waals surface area contributed by atoms with E-state index in [1.54, 1.807) is 0 Å². The molecular weight excluding hydrogens is 294 g/mol. The number of nitrogens with zero attached hydrogens (tertiary/aromatic N) is 4. The first-order valence-electron chi connectivity index (χ1n) is 7.76. The van der Waals surface area contributed by atoms with Gasteiger partial charge in [0, 0.05) is 42.8 Å². The van der Waals surface area contributed by atoms with Crippen LogP contribution < -0.4 is 10.2 Å². The molecule has 1 unspecified atom stereocenters. The third-order valence-electron chi connectivity index (χ3n) is 3.88. The van der Waals surface area contributed by atoms with Gasteiger partial charge >= 0.3 is 0 Å². The maximum atomic E-state index is 4.72. The predicted octanol–water partition coefficient (Wildman–Crippen LogP) is 3.17. The van der Waals surface area contributed by atoms with Gasteiger partial charge in [-0.3, -0.25) is 0 Å². The molecule has 1 saturated heterocycles. The summed E-state index contributed by atoms with van der Waals surface area (Å²) in [5.74, 6) is 2.53. The van der Waals surface area contributed by atoms with Crippen LogP contribution in [0.4, 0.5) is 10.9 Å². The second-order valence-electron chi connectivity index (χ2n) is 6.85. The molecule has 22 heavy (non-hydrogen) atoms. The highest BCUT2D eigenvalue weighted by Crippen LogP contribution is 2.29. The Morgan fingerprint density at radius 3 is 2.91 bits per heavy atom. The third kappa shape index (κ3) is 3.55. The van der Waals surface area contributed by atoms with Gasteiger partial charge in [-0.05, 0) is 24.5 Å². The van der Waals surface area contributed by atoms with Crippen molar-refractivity contribution in [3.63, 3.8) is 0 Å². The highest BCUT2D eigenvalue weighted by atomic mass is 32.1. The molecule has 1 atom stereocenters. The molecule has 0 aromatic carbocycles. The number of aromatic nitrogens is 3. The van der Waals surface area contributed by atoms with Crippen molar-refractivity contribution in [3.05, 3.63) is 30.2 Å². The minimum Gasteiger partial charge on any atom is -0.370 e. The van der Waals surface area contributed by atoms with Crippen LogP contribution in [-0.4, -0.2) is 34.0 Å². The molecule has 0 radical (unpaired) electrons. The molecular formula is C16H23N5S. The fourth-order valence-electron chi connectivity index (χ4n) is 2.54. The molecule has 0 aliphatic carbocycles. The first-order chi connectivity index (χ1) is 10.5. The summed E-state index contributed by atoms with van der Waals surface area (Å²) in [4.78, 5) is 11.4. The molecule has 0 saturated carbocycles. The second kappa shape index (κ2) is 6.20. The predicted molar refractivity (Wildman–Crippen MR) is 91.7 cm³/mol. The third-order valence-corrected chi connectivity index (χ3v) is 4.66. The van der Waals surface area contributed by atoms with Gasteiger partial charge < -0.3 is 10.2 Å². The molecule has 3 rings (SSSR count). The largest absolute Gasteiger partial charge is 0.370 e. The molecule has 0 amide bonds. The second-order valence-corrected chi connectivity index (χ2v) is 7.58. The standard InChI is InChI=1S/C16H23N5S/c1-16(2,3)14-19-15(22-20-14)21-9-7-12(11-21)10-18-13-6-4-5-8-17-13/h4-6,8,12H,7,9-11H2,1-3H3,(H,17,18). The molecule has 5 nitrogen and oxygen atoms in total. The topological polar surface area (TPSA) is 53.9 Å². The average molecular weight is 317 g/mol. The molecule has 1 aliphatic heterocycles. The molecule has 1 N–H and O–H groups in total. The molecule has 1 aliphatic rings. The van der Waals surface area contributed by atoms with E-state index in [9.17, 15) is 0 Å². The van der Waals surface area contributed by atoms with Crippen LogP contribution in [0.1, 0.15) is 33.0 Å². The lowest BCUT2D eigenvalue weighted by Crippen LogP contribution is -2.23. The van der Waals surface area contributed by atoms with Crippen LogP contribution >= 0.6 is 11.5 Å². The normalized spacial score (nSPS) is 18.7. The Morgan fingerprint density at radius 2 is 2.23 bits per heavy atom. The highest BCUT2D eigenvalue weighted by Gasteiger charge is 2.27. The van der Waals surface area contributed by atoms with Crippen molar-refractivity contribution in [3.8, 4) is 0 Å². The van der Waals surface area contributed by atoms with Crippen LogP contribution in [0.25, 0.3) is 0 Å². The van der Waals surface area contributed by atoms with E-state index >= 15 is 0 Å². The summed E-state index contributed by atoms with van der Waals surface area (Å²) in [5, 5.41) is 4.48. The number of hydrogen-bond acceptors (Lipinski definition) is 6. The SMILES string of the molecule is CC(C)(C)c1nsc(N2CCC(CNc3ccccn3)C2)n1. The van der Waals surface area contributed by atoms with E-state index in [2.05, 4.69) is 40.3 Å². The van der Waals surface area contributed by atoms with E-state index in [0.29, 0.717) is 5.92 Å². The van der Waals surface area contributed by atoms with E-state index in [1.807, 2.05) is 24.4 Å². The number of pyridine rings is 1. The number of anilines is 2. The van der Waals surface area contributed by atoms with Crippen molar-refractivity contribution in [1.82, 2.24) is 14.3 Å². The first-order valence-corrected chi connectivity index (χ1v) is 8.54. The van der Waals surface area contributed by atoms with E-state index in [4.69, 9.17) is 4.98 Å². The van der Waals surface area contributed by atoms with Crippen molar-refractivity contribution >= 4 is 22.5 Å². The Morgan fingerprint density at radius 1 is 1.36 bits per heavy atom. The summed E-state index contributed by atoms with van der Waals surface area (Å²) in [5.41, 5.74) is 0.0222.